The molecule has 19 heavy (non-hydrogen) atoms. The molecule has 0 N–H and O–H groups in total. The van der Waals surface area contributed by atoms with E-state index in [1.807, 2.05) is 12.1 Å². The van der Waals surface area contributed by atoms with Gasteiger partial charge in [-0.15, -0.1) is 14.8 Å². The molecule has 1 aliphatic rings. The molecule has 0 amide bonds. The Morgan fingerprint density at radius 3 is 2.89 bits per heavy atom. The Bertz CT molecular complexity index is 590. The molecule has 0 radical (unpaired) electrons. The van der Waals surface area contributed by atoms with Crippen LogP contribution in [0.2, 0.25) is 0 Å². The molecule has 0 aromatic carbocycles. The first-order valence-corrected chi connectivity index (χ1v) is 6.16. The molecule has 1 aliphatic heterocycles. The Morgan fingerprint density at radius 2 is 2.16 bits per heavy atom. The van der Waals surface area contributed by atoms with Gasteiger partial charge in [0, 0.05) is 13.1 Å². The molecular formula is C11H14N6O2. The van der Waals surface area contributed by atoms with Gasteiger partial charge in [-0.3, -0.25) is 4.79 Å². The zero-order chi connectivity index (χ0) is 13.2. The van der Waals surface area contributed by atoms with Gasteiger partial charge in [0.1, 0.15) is 0 Å². The van der Waals surface area contributed by atoms with Crippen molar-refractivity contribution in [3.8, 4) is 0 Å². The molecule has 0 aliphatic carbocycles. The van der Waals surface area contributed by atoms with Crippen LogP contribution in [0.25, 0.3) is 5.65 Å². The number of aromatic nitrogens is 5. The van der Waals surface area contributed by atoms with E-state index >= 15 is 0 Å². The summed E-state index contributed by atoms with van der Waals surface area (Å²) in [6.45, 7) is 1.56. The van der Waals surface area contributed by atoms with Gasteiger partial charge in [0.05, 0.1) is 13.0 Å². The van der Waals surface area contributed by atoms with Gasteiger partial charge in [-0.25, -0.2) is 0 Å². The van der Waals surface area contributed by atoms with Crippen molar-refractivity contribution in [1.82, 2.24) is 25.3 Å². The van der Waals surface area contributed by atoms with Crippen molar-refractivity contribution in [2.75, 3.05) is 25.1 Å². The van der Waals surface area contributed by atoms with Crippen LogP contribution in [-0.4, -0.2) is 51.4 Å². The first kappa shape index (κ1) is 11.8. The largest absolute Gasteiger partial charge is 0.469 e. The molecular weight excluding hydrogens is 248 g/mol. The lowest BCUT2D eigenvalue weighted by Gasteiger charge is -2.31. The maximum atomic E-state index is 11.5. The number of piperidine rings is 1. The molecule has 8 nitrogen and oxygen atoms in total. The van der Waals surface area contributed by atoms with Gasteiger partial charge in [0.15, 0.2) is 11.5 Å². The fourth-order valence-corrected chi connectivity index (χ4v) is 2.32. The summed E-state index contributed by atoms with van der Waals surface area (Å²) in [6, 6.07) is 3.72. The number of hydrogen-bond acceptors (Lipinski definition) is 7. The molecule has 0 unspecified atom stereocenters. The molecule has 0 spiro atoms. The van der Waals surface area contributed by atoms with Gasteiger partial charge >= 0.3 is 5.97 Å². The predicted molar refractivity (Wildman–Crippen MR) is 65.5 cm³/mol. The van der Waals surface area contributed by atoms with Crippen LogP contribution < -0.4 is 4.90 Å². The number of rotatable bonds is 2. The van der Waals surface area contributed by atoms with E-state index in [0.717, 1.165) is 31.7 Å². The topological polar surface area (TPSA) is 85.5 Å². The van der Waals surface area contributed by atoms with E-state index in [0.29, 0.717) is 5.65 Å². The molecule has 8 heteroatoms. The lowest BCUT2D eigenvalue weighted by Crippen LogP contribution is -2.37. The molecule has 0 bridgehead atoms. The standard InChI is InChI=1S/C11H14N6O2/c1-19-11(18)8-4-6-16(7-5-8)10-3-2-9-12-14-15-17(9)13-10/h2-3,8H,4-7H2,1H3. The minimum atomic E-state index is -0.122. The first-order valence-electron chi connectivity index (χ1n) is 6.16. The highest BCUT2D eigenvalue weighted by molar-refractivity contribution is 5.72. The molecule has 0 saturated carbocycles. The molecule has 3 heterocycles. The third-order valence-electron chi connectivity index (χ3n) is 3.41. The lowest BCUT2D eigenvalue weighted by molar-refractivity contribution is -0.146. The van der Waals surface area contributed by atoms with Crippen molar-refractivity contribution in [2.24, 2.45) is 5.92 Å². The predicted octanol–water partition coefficient (Wildman–Crippen LogP) is -0.0913. The molecule has 3 rings (SSSR count). The van der Waals surface area contributed by atoms with Gasteiger partial charge in [-0.05, 0) is 35.4 Å². The number of tetrazole rings is 1. The summed E-state index contributed by atoms with van der Waals surface area (Å²) in [4.78, 5) is 13.6. The van der Waals surface area contributed by atoms with E-state index in [1.54, 1.807) is 0 Å². The number of carbonyl (C=O) groups is 1. The highest BCUT2D eigenvalue weighted by Gasteiger charge is 2.26. The van der Waals surface area contributed by atoms with Crippen molar-refractivity contribution < 1.29 is 9.53 Å². The third-order valence-corrected chi connectivity index (χ3v) is 3.41. The van der Waals surface area contributed by atoms with Crippen molar-refractivity contribution in [2.45, 2.75) is 12.8 Å². The van der Waals surface area contributed by atoms with Gasteiger partial charge in [0.25, 0.3) is 0 Å². The second-order valence-electron chi connectivity index (χ2n) is 4.50. The second kappa shape index (κ2) is 4.79. The number of anilines is 1. The summed E-state index contributed by atoms with van der Waals surface area (Å²) in [5, 5.41) is 15.5. The van der Waals surface area contributed by atoms with Crippen LogP contribution in [0.15, 0.2) is 12.1 Å². The maximum absolute atomic E-state index is 11.5. The second-order valence-corrected chi connectivity index (χ2v) is 4.50. The number of methoxy groups -OCH3 is 1. The summed E-state index contributed by atoms with van der Waals surface area (Å²) < 4.78 is 6.18. The van der Waals surface area contributed by atoms with Crippen molar-refractivity contribution >= 4 is 17.4 Å². The van der Waals surface area contributed by atoms with Gasteiger partial charge in [-0.2, -0.15) is 0 Å². The van der Waals surface area contributed by atoms with Crippen molar-refractivity contribution in [1.29, 1.82) is 0 Å². The minimum absolute atomic E-state index is 0.00184. The first-order chi connectivity index (χ1) is 9.28. The number of carbonyl (C=O) groups excluding carboxylic acids is 1. The van der Waals surface area contributed by atoms with Crippen LogP contribution in [0.1, 0.15) is 12.8 Å². The summed E-state index contributed by atoms with van der Waals surface area (Å²) in [7, 11) is 1.43. The Morgan fingerprint density at radius 1 is 1.37 bits per heavy atom. The Hall–Kier alpha value is -2.25. The average molecular weight is 262 g/mol. The van der Waals surface area contributed by atoms with Crippen LogP contribution >= 0.6 is 0 Å². The van der Waals surface area contributed by atoms with Crippen LogP contribution in [0.4, 0.5) is 5.82 Å². The SMILES string of the molecule is COC(=O)C1CCN(c2ccc3nnnn3n2)CC1. The Kier molecular flexibility index (Phi) is 2.98. The fraction of sp³-hybridized carbons (Fsp3) is 0.545. The lowest BCUT2D eigenvalue weighted by atomic mass is 9.97. The minimum Gasteiger partial charge on any atom is -0.469 e. The van der Waals surface area contributed by atoms with Crippen LogP contribution in [0, 0.1) is 5.92 Å². The third kappa shape index (κ3) is 2.20. The molecule has 2 aromatic rings. The molecule has 0 atom stereocenters. The van der Waals surface area contributed by atoms with E-state index in [2.05, 4.69) is 25.5 Å². The van der Waals surface area contributed by atoms with Crippen LogP contribution in [0.3, 0.4) is 0 Å². The number of nitrogens with zero attached hydrogens (tertiary/aromatic N) is 6. The summed E-state index contributed by atoms with van der Waals surface area (Å²) in [5.74, 6) is 0.699. The number of ether oxygens (including phenoxy) is 1. The highest BCUT2D eigenvalue weighted by Crippen LogP contribution is 2.22. The number of esters is 1. The fourth-order valence-electron chi connectivity index (χ4n) is 2.32. The Balaban J connectivity index is 1.72. The van der Waals surface area contributed by atoms with Gasteiger partial charge < -0.3 is 9.64 Å². The van der Waals surface area contributed by atoms with E-state index in [-0.39, 0.29) is 11.9 Å². The normalized spacial score (nSPS) is 16.8. The van der Waals surface area contributed by atoms with E-state index < -0.39 is 0 Å². The van der Waals surface area contributed by atoms with Crippen molar-refractivity contribution in [3.63, 3.8) is 0 Å². The van der Waals surface area contributed by atoms with E-state index in [9.17, 15) is 4.79 Å². The summed E-state index contributed by atoms with van der Waals surface area (Å²) >= 11 is 0. The van der Waals surface area contributed by atoms with Crippen LogP contribution in [-0.2, 0) is 9.53 Å². The zero-order valence-electron chi connectivity index (χ0n) is 10.6. The number of hydrogen-bond donors (Lipinski definition) is 0. The highest BCUT2D eigenvalue weighted by atomic mass is 16.5. The number of fused-ring (bicyclic) bond motifs is 1. The average Bonchev–Trinajstić information content (AvgIpc) is 2.94. The van der Waals surface area contributed by atoms with Crippen molar-refractivity contribution in [3.05, 3.63) is 12.1 Å². The molecule has 2 aromatic heterocycles. The maximum Gasteiger partial charge on any atom is 0.308 e. The van der Waals surface area contributed by atoms with Crippen LogP contribution in [0.5, 0.6) is 0 Å². The van der Waals surface area contributed by atoms with Gasteiger partial charge in [-0.1, -0.05) is 0 Å². The smallest absolute Gasteiger partial charge is 0.308 e. The van der Waals surface area contributed by atoms with E-state index in [1.165, 1.54) is 11.7 Å². The molecule has 100 valence electrons. The Labute approximate surface area is 109 Å². The molecule has 1 saturated heterocycles. The van der Waals surface area contributed by atoms with Gasteiger partial charge in [0.2, 0.25) is 0 Å². The molecule has 1 fully saturated rings. The van der Waals surface area contributed by atoms with E-state index in [4.69, 9.17) is 4.74 Å². The summed E-state index contributed by atoms with van der Waals surface area (Å²) in [6.07, 6.45) is 1.56. The summed E-state index contributed by atoms with van der Waals surface area (Å²) in [5.41, 5.74) is 0.619. The zero-order valence-corrected chi connectivity index (χ0v) is 10.6. The quantitative estimate of drug-likeness (QED) is 0.699. The monoisotopic (exact) mass is 262 g/mol.